The summed E-state index contributed by atoms with van der Waals surface area (Å²) < 4.78 is 19.2. The highest BCUT2D eigenvalue weighted by molar-refractivity contribution is 7.18. The van der Waals surface area contributed by atoms with Crippen molar-refractivity contribution in [2.45, 2.75) is 39.7 Å². The van der Waals surface area contributed by atoms with Crippen LogP contribution in [0.25, 0.3) is 11.3 Å². The first kappa shape index (κ1) is 23.5. The molecule has 0 fully saturated rings. The molecule has 1 aromatic carbocycles. The summed E-state index contributed by atoms with van der Waals surface area (Å²) in [5.41, 5.74) is 1.92. The Morgan fingerprint density at radius 2 is 2.00 bits per heavy atom. The molecule has 2 amide bonds. The average molecular weight is 459 g/mol. The van der Waals surface area contributed by atoms with Gasteiger partial charge in [-0.2, -0.15) is 0 Å². The minimum absolute atomic E-state index is 0.209. The van der Waals surface area contributed by atoms with E-state index in [-0.39, 0.29) is 6.54 Å². The third-order valence-corrected chi connectivity index (χ3v) is 7.15. The number of hydrogen-bond acceptors (Lipinski definition) is 4. The zero-order valence-corrected chi connectivity index (χ0v) is 19.7. The number of carboxylic acids is 1. The molecule has 0 saturated heterocycles. The number of thiophene rings is 1. The lowest BCUT2D eigenvalue weighted by Gasteiger charge is -2.43. The van der Waals surface area contributed by atoms with Crippen molar-refractivity contribution >= 4 is 39.6 Å². The fourth-order valence-electron chi connectivity index (χ4n) is 3.91. The van der Waals surface area contributed by atoms with Gasteiger partial charge in [0.25, 0.3) is 0 Å². The van der Waals surface area contributed by atoms with E-state index in [0.29, 0.717) is 28.4 Å². The highest BCUT2D eigenvalue weighted by Crippen LogP contribution is 2.48. The number of anilines is 1. The summed E-state index contributed by atoms with van der Waals surface area (Å²) in [5, 5.41) is 10.5. The predicted octanol–water partition coefficient (Wildman–Crippen LogP) is 5.56. The van der Waals surface area contributed by atoms with E-state index in [1.807, 2.05) is 13.8 Å². The Balaban J connectivity index is 2.11. The highest BCUT2D eigenvalue weighted by atomic mass is 32.1. The Kier molecular flexibility index (Phi) is 6.20. The molecule has 0 radical (unpaired) electrons. The molecule has 2 heterocycles. The van der Waals surface area contributed by atoms with Gasteiger partial charge < -0.3 is 9.84 Å². The molecule has 1 N–H and O–H groups in total. The lowest BCUT2D eigenvalue weighted by Crippen LogP contribution is -2.58. The molecule has 1 aliphatic rings. The number of nitrogens with zero attached hydrogens (tertiary/aromatic N) is 2. The first-order valence-corrected chi connectivity index (χ1v) is 10.9. The third kappa shape index (κ3) is 3.79. The quantitative estimate of drug-likeness (QED) is 0.590. The van der Waals surface area contributed by atoms with Gasteiger partial charge in [0.1, 0.15) is 22.1 Å². The van der Waals surface area contributed by atoms with Crippen molar-refractivity contribution in [3.05, 3.63) is 58.7 Å². The van der Waals surface area contributed by atoms with Crippen molar-refractivity contribution in [2.24, 2.45) is 0 Å². The van der Waals surface area contributed by atoms with Crippen LogP contribution in [-0.2, 0) is 11.2 Å². The molecule has 3 rings (SSSR count). The average Bonchev–Trinajstić information content (AvgIpc) is 3.05. The van der Waals surface area contributed by atoms with Gasteiger partial charge in [-0.25, -0.2) is 14.0 Å². The normalized spacial score (nSPS) is 13.9. The predicted molar refractivity (Wildman–Crippen MR) is 126 cm³/mol. The van der Waals surface area contributed by atoms with Gasteiger partial charge in [-0.1, -0.05) is 13.2 Å². The van der Waals surface area contributed by atoms with Crippen LogP contribution in [0, 0.1) is 12.7 Å². The molecule has 170 valence electrons. The number of allylic oxidation sites excluding steroid dienone is 1. The molecule has 6 nitrogen and oxygen atoms in total. The number of ether oxygens (including phenoxy) is 1. The molecule has 32 heavy (non-hydrogen) atoms. The lowest BCUT2D eigenvalue weighted by atomic mass is 9.96. The van der Waals surface area contributed by atoms with Crippen LogP contribution in [0.5, 0.6) is 5.75 Å². The summed E-state index contributed by atoms with van der Waals surface area (Å²) in [6.07, 6.45) is 0.319. The number of benzene rings is 1. The number of halogens is 1. The molecule has 2 aromatic rings. The van der Waals surface area contributed by atoms with Gasteiger partial charge in [0.2, 0.25) is 0 Å². The molecular weight excluding hydrogens is 431 g/mol. The van der Waals surface area contributed by atoms with Crippen molar-refractivity contribution in [3.63, 3.8) is 0 Å². The number of amides is 2. The topological polar surface area (TPSA) is 70.1 Å². The van der Waals surface area contributed by atoms with E-state index in [9.17, 15) is 19.1 Å². The molecule has 0 atom stereocenters. The molecule has 0 spiro atoms. The molecule has 0 unspecified atom stereocenters. The van der Waals surface area contributed by atoms with Crippen LogP contribution in [0.1, 0.15) is 42.3 Å². The maximum atomic E-state index is 13.8. The lowest BCUT2D eigenvalue weighted by molar-refractivity contribution is -0.146. The first-order valence-electron chi connectivity index (χ1n) is 10.1. The van der Waals surface area contributed by atoms with Crippen molar-refractivity contribution < 1.29 is 23.8 Å². The van der Waals surface area contributed by atoms with Crippen molar-refractivity contribution in [3.8, 4) is 5.75 Å². The molecule has 0 saturated carbocycles. The Morgan fingerprint density at radius 1 is 1.34 bits per heavy atom. The fraction of sp³-hybridized carbons (Fsp3) is 0.333. The first-order chi connectivity index (χ1) is 14.9. The number of aliphatic carboxylic acids is 1. The van der Waals surface area contributed by atoms with E-state index in [1.54, 1.807) is 11.0 Å². The zero-order valence-electron chi connectivity index (χ0n) is 18.9. The number of hydrogen-bond donors (Lipinski definition) is 1. The largest absolute Gasteiger partial charge is 0.496 e. The summed E-state index contributed by atoms with van der Waals surface area (Å²) in [7, 11) is 1.50. The van der Waals surface area contributed by atoms with Gasteiger partial charge in [0.15, 0.2) is 0 Å². The number of carbonyl (C=O) groups excluding carboxylic acids is 1. The number of carboxylic acid groups (broad SMARTS) is 1. The molecule has 0 bridgehead atoms. The van der Waals surface area contributed by atoms with E-state index in [0.717, 1.165) is 21.6 Å². The van der Waals surface area contributed by atoms with E-state index in [2.05, 4.69) is 13.2 Å². The van der Waals surface area contributed by atoms with Gasteiger partial charge in [-0.3, -0.25) is 9.80 Å². The van der Waals surface area contributed by atoms with Crippen molar-refractivity contribution in [1.29, 1.82) is 0 Å². The van der Waals surface area contributed by atoms with E-state index in [4.69, 9.17) is 4.74 Å². The monoisotopic (exact) mass is 458 g/mol. The molecule has 8 heteroatoms. The summed E-state index contributed by atoms with van der Waals surface area (Å²) >= 11 is 1.42. The van der Waals surface area contributed by atoms with Gasteiger partial charge >= 0.3 is 12.0 Å². The summed E-state index contributed by atoms with van der Waals surface area (Å²) in [6, 6.07) is 3.75. The minimum Gasteiger partial charge on any atom is -0.496 e. The van der Waals surface area contributed by atoms with Crippen LogP contribution < -0.4 is 9.64 Å². The van der Waals surface area contributed by atoms with Crippen LogP contribution in [-0.4, -0.2) is 41.2 Å². The Hall–Kier alpha value is -3.13. The molecular formula is C24H27FN2O4S. The maximum absolute atomic E-state index is 13.8. The van der Waals surface area contributed by atoms with E-state index < -0.39 is 23.4 Å². The minimum atomic E-state index is -1.52. The number of carbonyl (C=O) groups is 2. The van der Waals surface area contributed by atoms with Gasteiger partial charge in [-0.05, 0) is 69.0 Å². The van der Waals surface area contributed by atoms with E-state index >= 15 is 0 Å². The van der Waals surface area contributed by atoms with Crippen LogP contribution >= 0.6 is 11.3 Å². The summed E-state index contributed by atoms with van der Waals surface area (Å²) in [6.45, 7) is 15.1. The Morgan fingerprint density at radius 3 is 2.56 bits per heavy atom. The van der Waals surface area contributed by atoms with Crippen molar-refractivity contribution in [1.82, 2.24) is 4.90 Å². The Bertz CT molecular complexity index is 1140. The second-order valence-corrected chi connectivity index (χ2v) is 9.30. The smallest absolute Gasteiger partial charge is 0.330 e. The second kappa shape index (κ2) is 8.43. The van der Waals surface area contributed by atoms with E-state index in [1.165, 1.54) is 49.3 Å². The van der Waals surface area contributed by atoms with Gasteiger partial charge in [0.05, 0.1) is 12.8 Å². The fourth-order valence-corrected chi connectivity index (χ4v) is 5.19. The molecule has 1 aromatic heterocycles. The van der Waals surface area contributed by atoms with Gasteiger partial charge in [-0.15, -0.1) is 11.3 Å². The Labute approximate surface area is 191 Å². The summed E-state index contributed by atoms with van der Waals surface area (Å²) in [4.78, 5) is 29.3. The number of fused-ring (bicyclic) bond motifs is 1. The van der Waals surface area contributed by atoms with Gasteiger partial charge in [0, 0.05) is 17.0 Å². The van der Waals surface area contributed by atoms with Crippen molar-refractivity contribution in [2.75, 3.05) is 18.6 Å². The zero-order chi connectivity index (χ0) is 24.0. The molecule has 0 aliphatic carbocycles. The van der Waals surface area contributed by atoms with Crippen LogP contribution in [0.4, 0.5) is 14.2 Å². The second-order valence-electron chi connectivity index (χ2n) is 8.30. The SMILES string of the molecule is C=C(C)c1sc2c(c1C)C(=C)N(C(C)(C)C(=O)O)C(=O)N2CCc1cc(F)ccc1OC. The molecule has 1 aliphatic heterocycles. The highest BCUT2D eigenvalue weighted by Gasteiger charge is 2.47. The van der Waals surface area contributed by atoms with Crippen LogP contribution in [0.2, 0.25) is 0 Å². The number of urea groups is 1. The van der Waals surface area contributed by atoms with Crippen LogP contribution in [0.3, 0.4) is 0 Å². The standard InChI is InChI=1S/C24H27FN2O4S/c1-13(2)20-14(3)19-15(4)27(24(5,6)22(28)29)23(30)26(21(19)32-20)11-10-16-12-17(25)8-9-18(16)31-7/h8-9,12H,1,4,10-11H2,2-3,5-7H3,(H,28,29). The third-order valence-electron chi connectivity index (χ3n) is 5.67. The number of methoxy groups -OCH3 is 1. The summed E-state index contributed by atoms with van der Waals surface area (Å²) in [5.74, 6) is -1.02. The maximum Gasteiger partial charge on any atom is 0.330 e. The van der Waals surface area contributed by atoms with Crippen LogP contribution in [0.15, 0.2) is 31.4 Å². The number of rotatable bonds is 7.